The fourth-order valence-corrected chi connectivity index (χ4v) is 4.14. The van der Waals surface area contributed by atoms with Gasteiger partial charge in [-0.3, -0.25) is 0 Å². The number of fused-ring (bicyclic) bond motifs is 1. The van der Waals surface area contributed by atoms with Crippen molar-refractivity contribution in [2.24, 2.45) is 5.41 Å². The van der Waals surface area contributed by atoms with Crippen molar-refractivity contribution in [3.63, 3.8) is 0 Å². The van der Waals surface area contributed by atoms with Crippen LogP contribution in [-0.4, -0.2) is 20.7 Å². The molecule has 4 heteroatoms. The Hall–Kier alpha value is -1.03. The topological polar surface area (TPSA) is 46.2 Å². The van der Waals surface area contributed by atoms with Crippen molar-refractivity contribution in [2.45, 2.75) is 25.7 Å². The summed E-state index contributed by atoms with van der Waals surface area (Å²) in [5, 5.41) is 3.22. The second kappa shape index (κ2) is 3.48. The van der Waals surface area contributed by atoms with Gasteiger partial charge in [-0.1, -0.05) is 19.9 Å². The summed E-state index contributed by atoms with van der Waals surface area (Å²) < 4.78 is 24.4. The van der Waals surface area contributed by atoms with Crippen molar-refractivity contribution in [1.82, 2.24) is 0 Å². The molecule has 2 rings (SSSR count). The van der Waals surface area contributed by atoms with Crippen LogP contribution in [0.1, 0.15) is 19.4 Å². The molecule has 0 aliphatic carbocycles. The monoisotopic (exact) mass is 239 g/mol. The lowest BCUT2D eigenvalue weighted by Crippen LogP contribution is -2.28. The van der Waals surface area contributed by atoms with E-state index < -0.39 is 9.84 Å². The molecule has 0 saturated heterocycles. The van der Waals surface area contributed by atoms with Crippen LogP contribution in [0.15, 0.2) is 23.1 Å². The fraction of sp³-hybridized carbons (Fsp3) is 0.500. The van der Waals surface area contributed by atoms with Crippen molar-refractivity contribution in [3.8, 4) is 0 Å². The molecule has 0 aromatic heterocycles. The molecule has 1 aliphatic heterocycles. The van der Waals surface area contributed by atoms with Gasteiger partial charge in [-0.15, -0.1) is 0 Å². The average Bonchev–Trinajstić information content (AvgIpc) is 2.21. The molecule has 3 nitrogen and oxygen atoms in total. The third kappa shape index (κ3) is 2.07. The molecule has 1 N–H and O–H groups in total. The Kier molecular flexibility index (Phi) is 2.49. The molecule has 0 fully saturated rings. The minimum absolute atomic E-state index is 0.198. The van der Waals surface area contributed by atoms with Crippen molar-refractivity contribution < 1.29 is 8.42 Å². The first-order valence-corrected chi connectivity index (χ1v) is 7.03. The molecule has 0 bridgehead atoms. The molecule has 1 heterocycles. The molecular weight excluding hydrogens is 222 g/mol. The van der Waals surface area contributed by atoms with Gasteiger partial charge in [0, 0.05) is 6.54 Å². The molecule has 16 heavy (non-hydrogen) atoms. The smallest absolute Gasteiger partial charge is 0.181 e. The van der Waals surface area contributed by atoms with Gasteiger partial charge in [0.2, 0.25) is 0 Å². The summed E-state index contributed by atoms with van der Waals surface area (Å²) in [6.45, 7) is 6.53. The van der Waals surface area contributed by atoms with Gasteiger partial charge in [-0.05, 0) is 30.0 Å². The van der Waals surface area contributed by atoms with Gasteiger partial charge in [0.15, 0.2) is 9.84 Å². The molecule has 1 aromatic rings. The van der Waals surface area contributed by atoms with E-state index in [0.29, 0.717) is 11.4 Å². The van der Waals surface area contributed by atoms with Crippen LogP contribution in [0.4, 0.5) is 5.69 Å². The lowest BCUT2D eigenvalue weighted by Gasteiger charge is -2.20. The molecule has 0 amide bonds. The van der Waals surface area contributed by atoms with Gasteiger partial charge in [0.1, 0.15) is 0 Å². The van der Waals surface area contributed by atoms with E-state index in [9.17, 15) is 8.42 Å². The molecule has 0 radical (unpaired) electrons. The van der Waals surface area contributed by atoms with Crippen molar-refractivity contribution in [1.29, 1.82) is 0 Å². The Bertz CT molecular complexity index is 518. The second-order valence-electron chi connectivity index (χ2n) is 5.28. The van der Waals surface area contributed by atoms with Crippen LogP contribution < -0.4 is 5.32 Å². The predicted octanol–water partition coefficient (Wildman–Crippen LogP) is 2.22. The number of rotatable bonds is 0. The highest BCUT2D eigenvalue weighted by Crippen LogP contribution is 2.32. The Morgan fingerprint density at radius 2 is 2.00 bits per heavy atom. The highest BCUT2D eigenvalue weighted by atomic mass is 32.2. The Morgan fingerprint density at radius 1 is 1.31 bits per heavy atom. The Labute approximate surface area is 96.8 Å². The maximum atomic E-state index is 12.2. The molecule has 0 saturated carbocycles. The van der Waals surface area contributed by atoms with E-state index in [2.05, 4.69) is 5.32 Å². The van der Waals surface area contributed by atoms with Crippen LogP contribution in [0.5, 0.6) is 0 Å². The van der Waals surface area contributed by atoms with Gasteiger partial charge in [0.25, 0.3) is 0 Å². The number of anilines is 1. The van der Waals surface area contributed by atoms with Crippen LogP contribution in [0.3, 0.4) is 0 Å². The van der Waals surface area contributed by atoms with Crippen LogP contribution in [0, 0.1) is 12.3 Å². The van der Waals surface area contributed by atoms with Gasteiger partial charge >= 0.3 is 0 Å². The maximum Gasteiger partial charge on any atom is 0.181 e. The molecule has 0 spiro atoms. The Balaban J connectivity index is 2.60. The summed E-state index contributed by atoms with van der Waals surface area (Å²) in [4.78, 5) is 0.443. The molecule has 0 unspecified atom stereocenters. The summed E-state index contributed by atoms with van der Waals surface area (Å²) >= 11 is 0. The SMILES string of the molecule is Cc1ccc2c(c1)S(=O)(=O)CC(C)(C)CN2. The first kappa shape index (κ1) is 11.5. The van der Waals surface area contributed by atoms with Crippen LogP contribution in [0.2, 0.25) is 0 Å². The number of hydrogen-bond acceptors (Lipinski definition) is 3. The summed E-state index contributed by atoms with van der Waals surface area (Å²) in [7, 11) is -3.17. The minimum Gasteiger partial charge on any atom is -0.383 e. The van der Waals surface area contributed by atoms with E-state index in [4.69, 9.17) is 0 Å². The molecule has 0 atom stereocenters. The van der Waals surface area contributed by atoms with Gasteiger partial charge < -0.3 is 5.32 Å². The first-order chi connectivity index (χ1) is 7.30. The van der Waals surface area contributed by atoms with Crippen LogP contribution in [0.25, 0.3) is 0 Å². The number of sulfone groups is 1. The van der Waals surface area contributed by atoms with Crippen molar-refractivity contribution >= 4 is 15.5 Å². The minimum atomic E-state index is -3.17. The zero-order valence-corrected chi connectivity index (χ0v) is 10.7. The Morgan fingerprint density at radius 3 is 2.69 bits per heavy atom. The highest BCUT2D eigenvalue weighted by molar-refractivity contribution is 7.91. The average molecular weight is 239 g/mol. The van der Waals surface area contributed by atoms with Crippen molar-refractivity contribution in [2.75, 3.05) is 17.6 Å². The first-order valence-electron chi connectivity index (χ1n) is 5.37. The van der Waals surface area contributed by atoms with E-state index in [1.807, 2.05) is 32.9 Å². The summed E-state index contributed by atoms with van der Waals surface area (Å²) in [6.07, 6.45) is 0. The number of nitrogens with one attached hydrogen (secondary N) is 1. The van der Waals surface area contributed by atoms with Crippen LogP contribution >= 0.6 is 0 Å². The van der Waals surface area contributed by atoms with Gasteiger partial charge in [0.05, 0.1) is 16.3 Å². The van der Waals surface area contributed by atoms with E-state index in [1.165, 1.54) is 0 Å². The molecule has 1 aromatic carbocycles. The van der Waals surface area contributed by atoms with E-state index in [-0.39, 0.29) is 11.2 Å². The molecule has 88 valence electrons. The predicted molar refractivity (Wildman–Crippen MR) is 65.5 cm³/mol. The normalized spacial score (nSPS) is 21.7. The van der Waals surface area contributed by atoms with Gasteiger partial charge in [-0.25, -0.2) is 8.42 Å². The quantitative estimate of drug-likeness (QED) is 0.755. The molecular formula is C12H17NO2S. The number of benzene rings is 1. The third-order valence-electron chi connectivity index (χ3n) is 2.81. The zero-order valence-electron chi connectivity index (χ0n) is 9.87. The lowest BCUT2D eigenvalue weighted by atomic mass is 9.96. The van der Waals surface area contributed by atoms with Gasteiger partial charge in [-0.2, -0.15) is 0 Å². The number of aryl methyl sites for hydroxylation is 1. The maximum absolute atomic E-state index is 12.2. The largest absolute Gasteiger partial charge is 0.383 e. The van der Waals surface area contributed by atoms with Crippen LogP contribution in [-0.2, 0) is 9.84 Å². The van der Waals surface area contributed by atoms with E-state index >= 15 is 0 Å². The van der Waals surface area contributed by atoms with E-state index in [1.54, 1.807) is 6.07 Å². The molecule has 1 aliphatic rings. The number of hydrogen-bond donors (Lipinski definition) is 1. The zero-order chi connectivity index (χ0) is 12.0. The third-order valence-corrected chi connectivity index (χ3v) is 4.98. The summed E-state index contributed by atoms with van der Waals surface area (Å²) in [5.74, 6) is 0.198. The lowest BCUT2D eigenvalue weighted by molar-refractivity contribution is 0.442. The standard InChI is InChI=1S/C12H17NO2S/c1-9-4-5-10-11(6-9)16(14,15)8-12(2,3)7-13-10/h4-6,13H,7-8H2,1-3H3. The fourth-order valence-electron chi connectivity index (χ4n) is 2.01. The highest BCUT2D eigenvalue weighted by Gasteiger charge is 2.32. The van der Waals surface area contributed by atoms with E-state index in [0.717, 1.165) is 11.3 Å². The summed E-state index contributed by atoms with van der Waals surface area (Å²) in [5.41, 5.74) is 1.48. The summed E-state index contributed by atoms with van der Waals surface area (Å²) in [6, 6.07) is 5.53. The second-order valence-corrected chi connectivity index (χ2v) is 7.23. The van der Waals surface area contributed by atoms with Crippen molar-refractivity contribution in [3.05, 3.63) is 23.8 Å².